The lowest BCUT2D eigenvalue weighted by Crippen LogP contribution is -2.43. The minimum atomic E-state index is -0.459. The van der Waals surface area contributed by atoms with Gasteiger partial charge in [0.25, 0.3) is 5.91 Å². The third-order valence-corrected chi connectivity index (χ3v) is 3.83. The highest BCUT2D eigenvalue weighted by Crippen LogP contribution is 2.34. The molecule has 0 bridgehead atoms. The van der Waals surface area contributed by atoms with E-state index in [2.05, 4.69) is 5.32 Å². The van der Waals surface area contributed by atoms with E-state index < -0.39 is 5.91 Å². The molecule has 1 amide bonds. The first kappa shape index (κ1) is 13.2. The van der Waals surface area contributed by atoms with E-state index in [1.165, 1.54) is 0 Å². The van der Waals surface area contributed by atoms with Crippen molar-refractivity contribution in [3.63, 3.8) is 0 Å². The van der Waals surface area contributed by atoms with Gasteiger partial charge in [0.05, 0.1) is 5.56 Å². The minimum Gasteiger partial charge on any atom is -0.378 e. The van der Waals surface area contributed by atoms with Gasteiger partial charge < -0.3 is 16.8 Å². The molecule has 1 fully saturated rings. The van der Waals surface area contributed by atoms with Crippen LogP contribution in [0.25, 0.3) is 0 Å². The van der Waals surface area contributed by atoms with E-state index in [0.29, 0.717) is 22.8 Å². The van der Waals surface area contributed by atoms with Crippen LogP contribution in [0, 0.1) is 0 Å². The van der Waals surface area contributed by atoms with Gasteiger partial charge in [-0.25, -0.2) is 0 Å². The number of carbonyl (C=O) groups is 1. The van der Waals surface area contributed by atoms with Gasteiger partial charge in [-0.3, -0.25) is 4.79 Å². The first-order valence-corrected chi connectivity index (χ1v) is 6.52. The maximum absolute atomic E-state index is 11.4. The lowest BCUT2D eigenvalue weighted by atomic mass is 9.96. The summed E-state index contributed by atoms with van der Waals surface area (Å²) < 4.78 is 0. The maximum Gasteiger partial charge on any atom is 0.250 e. The molecule has 0 radical (unpaired) electrons. The standard InChI is InChI=1S/C13H18ClN3O/c14-9-3-4-10(12(16)18)11(7-9)17-13(8-15)5-1-2-6-13/h3-4,7,17H,1-2,5-6,8,15H2,(H2,16,18). The Bertz CT molecular complexity index is 456. The first-order valence-electron chi connectivity index (χ1n) is 6.14. The quantitative estimate of drug-likeness (QED) is 0.782. The Hall–Kier alpha value is -1.26. The zero-order valence-electron chi connectivity index (χ0n) is 10.2. The van der Waals surface area contributed by atoms with Crippen molar-refractivity contribution in [3.8, 4) is 0 Å². The van der Waals surface area contributed by atoms with Gasteiger partial charge in [0.1, 0.15) is 0 Å². The molecule has 0 aromatic heterocycles. The zero-order chi connectivity index (χ0) is 13.2. The molecular formula is C13H18ClN3O. The van der Waals surface area contributed by atoms with Gasteiger partial charge in [0, 0.05) is 22.8 Å². The van der Waals surface area contributed by atoms with Crippen molar-refractivity contribution in [3.05, 3.63) is 28.8 Å². The van der Waals surface area contributed by atoms with Gasteiger partial charge >= 0.3 is 0 Å². The number of amides is 1. The molecule has 1 aliphatic rings. The molecule has 1 aliphatic carbocycles. The third kappa shape index (κ3) is 2.60. The zero-order valence-corrected chi connectivity index (χ0v) is 11.0. The van der Waals surface area contributed by atoms with Crippen molar-refractivity contribution >= 4 is 23.2 Å². The smallest absolute Gasteiger partial charge is 0.250 e. The van der Waals surface area contributed by atoms with Crippen LogP contribution in [0.2, 0.25) is 5.02 Å². The Labute approximate surface area is 112 Å². The Morgan fingerprint density at radius 1 is 1.39 bits per heavy atom. The molecule has 0 aliphatic heterocycles. The Morgan fingerprint density at radius 3 is 2.61 bits per heavy atom. The highest BCUT2D eigenvalue weighted by atomic mass is 35.5. The van der Waals surface area contributed by atoms with Crippen LogP contribution in [-0.4, -0.2) is 18.0 Å². The van der Waals surface area contributed by atoms with Crippen LogP contribution < -0.4 is 16.8 Å². The van der Waals surface area contributed by atoms with Crippen molar-refractivity contribution in [1.29, 1.82) is 0 Å². The highest BCUT2D eigenvalue weighted by molar-refractivity contribution is 6.31. The number of hydrogen-bond donors (Lipinski definition) is 3. The number of nitrogens with two attached hydrogens (primary N) is 2. The Morgan fingerprint density at radius 2 is 2.06 bits per heavy atom. The summed E-state index contributed by atoms with van der Waals surface area (Å²) >= 11 is 5.97. The summed E-state index contributed by atoms with van der Waals surface area (Å²) in [6, 6.07) is 5.04. The molecule has 1 aromatic rings. The second-order valence-electron chi connectivity index (χ2n) is 4.87. The minimum absolute atomic E-state index is 0.130. The summed E-state index contributed by atoms with van der Waals surface area (Å²) in [7, 11) is 0. The molecule has 0 saturated heterocycles. The number of nitrogens with one attached hydrogen (secondary N) is 1. The lowest BCUT2D eigenvalue weighted by Gasteiger charge is -2.30. The highest BCUT2D eigenvalue weighted by Gasteiger charge is 2.33. The summed E-state index contributed by atoms with van der Waals surface area (Å²) in [5.41, 5.74) is 12.2. The fourth-order valence-electron chi connectivity index (χ4n) is 2.55. The van der Waals surface area contributed by atoms with Crippen molar-refractivity contribution < 1.29 is 4.79 Å². The molecule has 0 unspecified atom stereocenters. The van der Waals surface area contributed by atoms with E-state index in [0.717, 1.165) is 25.7 Å². The normalized spacial score (nSPS) is 17.7. The number of anilines is 1. The van der Waals surface area contributed by atoms with Crippen LogP contribution in [0.3, 0.4) is 0 Å². The van der Waals surface area contributed by atoms with Crippen molar-refractivity contribution in [1.82, 2.24) is 0 Å². The SMILES string of the molecule is NCC1(Nc2cc(Cl)ccc2C(N)=O)CCCC1. The van der Waals surface area contributed by atoms with Crippen LogP contribution in [0.5, 0.6) is 0 Å². The van der Waals surface area contributed by atoms with Gasteiger partial charge in [-0.2, -0.15) is 0 Å². The van der Waals surface area contributed by atoms with E-state index in [-0.39, 0.29) is 5.54 Å². The summed E-state index contributed by atoms with van der Waals surface area (Å²) in [4.78, 5) is 11.4. The molecule has 0 heterocycles. The van der Waals surface area contributed by atoms with E-state index in [1.807, 2.05) is 0 Å². The van der Waals surface area contributed by atoms with E-state index in [9.17, 15) is 4.79 Å². The number of rotatable bonds is 4. The Balaban J connectivity index is 2.32. The number of halogens is 1. The fourth-order valence-corrected chi connectivity index (χ4v) is 2.72. The molecule has 1 aromatic carbocycles. The molecule has 2 rings (SSSR count). The summed E-state index contributed by atoms with van der Waals surface area (Å²) in [5, 5.41) is 3.96. The molecule has 18 heavy (non-hydrogen) atoms. The number of hydrogen-bond acceptors (Lipinski definition) is 3. The average molecular weight is 268 g/mol. The largest absolute Gasteiger partial charge is 0.378 e. The molecule has 0 atom stereocenters. The topological polar surface area (TPSA) is 81.1 Å². The van der Waals surface area contributed by atoms with Crippen LogP contribution in [-0.2, 0) is 0 Å². The number of primary amides is 1. The molecule has 1 saturated carbocycles. The molecule has 4 nitrogen and oxygen atoms in total. The monoisotopic (exact) mass is 267 g/mol. The van der Waals surface area contributed by atoms with E-state index in [1.54, 1.807) is 18.2 Å². The maximum atomic E-state index is 11.4. The van der Waals surface area contributed by atoms with Gasteiger partial charge in [-0.15, -0.1) is 0 Å². The van der Waals surface area contributed by atoms with Gasteiger partial charge in [0.2, 0.25) is 0 Å². The average Bonchev–Trinajstić information content (AvgIpc) is 2.78. The Kier molecular flexibility index (Phi) is 3.78. The molecule has 0 spiro atoms. The summed E-state index contributed by atoms with van der Waals surface area (Å²) in [6.45, 7) is 0.539. The van der Waals surface area contributed by atoms with Gasteiger partial charge in [-0.1, -0.05) is 24.4 Å². The molecule has 5 heteroatoms. The van der Waals surface area contributed by atoms with Crippen LogP contribution in [0.4, 0.5) is 5.69 Å². The fraction of sp³-hybridized carbons (Fsp3) is 0.462. The molecule has 98 valence electrons. The molecule has 5 N–H and O–H groups in total. The van der Waals surface area contributed by atoms with Gasteiger partial charge in [0.15, 0.2) is 0 Å². The second-order valence-corrected chi connectivity index (χ2v) is 5.31. The van der Waals surface area contributed by atoms with E-state index in [4.69, 9.17) is 23.1 Å². The number of benzene rings is 1. The van der Waals surface area contributed by atoms with Gasteiger partial charge in [-0.05, 0) is 31.0 Å². The van der Waals surface area contributed by atoms with Crippen molar-refractivity contribution in [2.45, 2.75) is 31.2 Å². The van der Waals surface area contributed by atoms with Crippen LogP contribution >= 0.6 is 11.6 Å². The van der Waals surface area contributed by atoms with E-state index >= 15 is 0 Å². The van der Waals surface area contributed by atoms with Crippen LogP contribution in [0.15, 0.2) is 18.2 Å². The predicted molar refractivity (Wildman–Crippen MR) is 73.8 cm³/mol. The van der Waals surface area contributed by atoms with Crippen LogP contribution in [0.1, 0.15) is 36.0 Å². The van der Waals surface area contributed by atoms with Crippen molar-refractivity contribution in [2.24, 2.45) is 11.5 Å². The summed E-state index contributed by atoms with van der Waals surface area (Å²) in [6.07, 6.45) is 4.32. The molecular weight excluding hydrogens is 250 g/mol. The number of carbonyl (C=O) groups excluding carboxylic acids is 1. The first-order chi connectivity index (χ1) is 8.56. The predicted octanol–water partition coefficient (Wildman–Crippen LogP) is 2.12. The van der Waals surface area contributed by atoms with Crippen molar-refractivity contribution in [2.75, 3.05) is 11.9 Å². The third-order valence-electron chi connectivity index (χ3n) is 3.60. The lowest BCUT2D eigenvalue weighted by molar-refractivity contribution is 0.100. The summed E-state index contributed by atoms with van der Waals surface area (Å²) in [5.74, 6) is -0.459. The second kappa shape index (κ2) is 5.16.